The molecular formula is C24H26N5O4+. The van der Waals surface area contributed by atoms with Crippen molar-refractivity contribution in [2.24, 2.45) is 4.99 Å². The second kappa shape index (κ2) is 9.23. The molecule has 2 aliphatic rings. The highest BCUT2D eigenvalue weighted by Crippen LogP contribution is 2.27. The molecule has 170 valence electrons. The molecule has 1 unspecified atom stereocenters. The van der Waals surface area contributed by atoms with Crippen LogP contribution in [0.4, 0.5) is 4.79 Å². The molecule has 4 rings (SSSR count). The van der Waals surface area contributed by atoms with E-state index in [1.165, 1.54) is 34.7 Å². The minimum atomic E-state index is -1.09. The molecular weight excluding hydrogens is 422 g/mol. The van der Waals surface area contributed by atoms with Crippen LogP contribution in [-0.2, 0) is 9.59 Å². The number of rotatable bonds is 7. The minimum absolute atomic E-state index is 0.127. The van der Waals surface area contributed by atoms with E-state index in [-0.39, 0.29) is 17.7 Å². The van der Waals surface area contributed by atoms with Crippen LogP contribution in [0.5, 0.6) is 0 Å². The number of amidine groups is 1. The second-order valence-electron chi connectivity index (χ2n) is 8.05. The lowest BCUT2D eigenvalue weighted by atomic mass is 9.88. The SMILES string of the molecule is CN1C(=O)C2C(=NC(NCCC(c3ccccc3)c3ccccc3)=[N+]2CC(=O)O)N(C)C1=O. The molecule has 33 heavy (non-hydrogen) atoms. The van der Waals surface area contributed by atoms with Crippen molar-refractivity contribution in [2.75, 3.05) is 27.2 Å². The quantitative estimate of drug-likeness (QED) is 0.626. The zero-order valence-electron chi connectivity index (χ0n) is 18.5. The van der Waals surface area contributed by atoms with Crippen molar-refractivity contribution in [3.63, 3.8) is 0 Å². The highest BCUT2D eigenvalue weighted by Gasteiger charge is 2.51. The first-order valence-electron chi connectivity index (χ1n) is 10.7. The van der Waals surface area contributed by atoms with Gasteiger partial charge in [0.2, 0.25) is 11.9 Å². The van der Waals surface area contributed by atoms with Crippen LogP contribution < -0.4 is 5.32 Å². The lowest BCUT2D eigenvalue weighted by Gasteiger charge is -2.31. The van der Waals surface area contributed by atoms with Gasteiger partial charge in [-0.15, -0.1) is 0 Å². The van der Waals surface area contributed by atoms with Crippen molar-refractivity contribution in [1.82, 2.24) is 15.1 Å². The average molecular weight is 449 g/mol. The van der Waals surface area contributed by atoms with Gasteiger partial charge in [0, 0.05) is 20.0 Å². The van der Waals surface area contributed by atoms with Crippen LogP contribution in [0.2, 0.25) is 0 Å². The number of urea groups is 1. The second-order valence-corrected chi connectivity index (χ2v) is 8.05. The largest absolute Gasteiger partial charge is 0.479 e. The van der Waals surface area contributed by atoms with Gasteiger partial charge in [0.1, 0.15) is 0 Å². The molecule has 1 saturated heterocycles. The number of carboxylic acids is 1. The Kier molecular flexibility index (Phi) is 6.21. The number of benzene rings is 2. The van der Waals surface area contributed by atoms with Gasteiger partial charge in [-0.2, -0.15) is 0 Å². The maximum absolute atomic E-state index is 12.8. The summed E-state index contributed by atoms with van der Waals surface area (Å²) in [6, 6.07) is 18.9. The number of amides is 3. The fourth-order valence-electron chi connectivity index (χ4n) is 4.28. The van der Waals surface area contributed by atoms with Gasteiger partial charge < -0.3 is 5.11 Å². The number of fused-ring (bicyclic) bond motifs is 1. The van der Waals surface area contributed by atoms with Crippen LogP contribution >= 0.6 is 0 Å². The molecule has 0 spiro atoms. The number of likely N-dealkylation sites (N-methyl/N-ethyl adjacent to an activating group) is 2. The predicted molar refractivity (Wildman–Crippen MR) is 122 cm³/mol. The number of hydrogen-bond acceptors (Lipinski definition) is 5. The first-order chi connectivity index (χ1) is 15.9. The standard InChI is InChI=1S/C24H25N5O4/c1-27-21-20(22(32)28(2)24(27)33)29(15-19(30)31)23(26-21)25-14-13-18(16-9-5-3-6-10-16)17-11-7-4-8-12-17/h3-12,18,20H,13-15H2,1-2H3,(H,30,31)/p+1. The van der Waals surface area contributed by atoms with Crippen LogP contribution in [0, 0.1) is 0 Å². The van der Waals surface area contributed by atoms with Crippen LogP contribution in [0.15, 0.2) is 65.7 Å². The van der Waals surface area contributed by atoms with E-state index < -0.39 is 30.5 Å². The van der Waals surface area contributed by atoms with Crippen molar-refractivity contribution >= 4 is 29.7 Å². The van der Waals surface area contributed by atoms with Gasteiger partial charge in [-0.25, -0.2) is 14.2 Å². The van der Waals surface area contributed by atoms with Crippen molar-refractivity contribution in [3.05, 3.63) is 71.8 Å². The van der Waals surface area contributed by atoms with E-state index in [9.17, 15) is 19.5 Å². The molecule has 0 bridgehead atoms. The number of nitrogens with zero attached hydrogens (tertiary/aromatic N) is 4. The summed E-state index contributed by atoms with van der Waals surface area (Å²) in [6.07, 6.45) is 0.719. The molecule has 1 atom stereocenters. The molecule has 2 aromatic rings. The third kappa shape index (κ3) is 4.34. The zero-order chi connectivity index (χ0) is 23.5. The van der Waals surface area contributed by atoms with E-state index in [0.717, 1.165) is 11.3 Å². The third-order valence-corrected chi connectivity index (χ3v) is 5.96. The Bertz CT molecular complexity index is 1090. The van der Waals surface area contributed by atoms with E-state index in [0.29, 0.717) is 6.54 Å². The molecule has 2 aliphatic heterocycles. The van der Waals surface area contributed by atoms with Gasteiger partial charge in [0.05, 0.1) is 6.54 Å². The predicted octanol–water partition coefficient (Wildman–Crippen LogP) is 1.56. The van der Waals surface area contributed by atoms with Crippen LogP contribution in [0.1, 0.15) is 23.5 Å². The average Bonchev–Trinajstić information content (AvgIpc) is 3.18. The Morgan fingerprint density at radius 2 is 1.61 bits per heavy atom. The number of guanidine groups is 1. The molecule has 2 N–H and O–H groups in total. The summed E-state index contributed by atoms with van der Waals surface area (Å²) in [6.45, 7) is 0.0769. The summed E-state index contributed by atoms with van der Waals surface area (Å²) in [7, 11) is 2.91. The monoisotopic (exact) mass is 448 g/mol. The Morgan fingerprint density at radius 1 is 1.03 bits per heavy atom. The lowest BCUT2D eigenvalue weighted by Crippen LogP contribution is -2.62. The summed E-state index contributed by atoms with van der Waals surface area (Å²) in [5, 5.41) is 12.6. The van der Waals surface area contributed by atoms with E-state index in [1.807, 2.05) is 36.4 Å². The summed E-state index contributed by atoms with van der Waals surface area (Å²) in [5.74, 6) is -0.953. The van der Waals surface area contributed by atoms with Gasteiger partial charge in [-0.05, 0) is 17.5 Å². The number of carboxylic acid groups (broad SMARTS) is 1. The van der Waals surface area contributed by atoms with Crippen LogP contribution in [0.25, 0.3) is 0 Å². The molecule has 3 amide bonds. The summed E-state index contributed by atoms with van der Waals surface area (Å²) in [5.41, 5.74) is 2.35. The van der Waals surface area contributed by atoms with Gasteiger partial charge in [-0.1, -0.05) is 65.7 Å². The first-order valence-corrected chi connectivity index (χ1v) is 10.7. The molecule has 0 aromatic heterocycles. The van der Waals surface area contributed by atoms with E-state index in [2.05, 4.69) is 34.6 Å². The van der Waals surface area contributed by atoms with E-state index in [1.54, 1.807) is 0 Å². The van der Waals surface area contributed by atoms with Crippen LogP contribution in [-0.4, -0.2) is 82.4 Å². The molecule has 2 heterocycles. The molecule has 0 saturated carbocycles. The van der Waals surface area contributed by atoms with Crippen molar-refractivity contribution in [1.29, 1.82) is 0 Å². The van der Waals surface area contributed by atoms with E-state index in [4.69, 9.17) is 0 Å². The van der Waals surface area contributed by atoms with Gasteiger partial charge in [0.25, 0.3) is 5.91 Å². The highest BCUT2D eigenvalue weighted by atomic mass is 16.4. The Labute approximate surface area is 191 Å². The van der Waals surface area contributed by atoms with Gasteiger partial charge in [-0.3, -0.25) is 19.9 Å². The smallest absolute Gasteiger partial charge is 0.390 e. The molecule has 0 radical (unpaired) electrons. The molecule has 9 heteroatoms. The Morgan fingerprint density at radius 3 is 2.15 bits per heavy atom. The van der Waals surface area contributed by atoms with Crippen LogP contribution in [0.3, 0.4) is 0 Å². The lowest BCUT2D eigenvalue weighted by molar-refractivity contribution is -0.527. The van der Waals surface area contributed by atoms with E-state index >= 15 is 0 Å². The number of nitrogens with one attached hydrogen (secondary N) is 1. The number of hydrogen-bond donors (Lipinski definition) is 2. The topological polar surface area (TPSA) is 105 Å². The summed E-state index contributed by atoms with van der Waals surface area (Å²) >= 11 is 0. The Balaban J connectivity index is 1.58. The maximum Gasteiger partial charge on any atom is 0.390 e. The van der Waals surface area contributed by atoms with Gasteiger partial charge >= 0.3 is 18.0 Å². The number of aliphatic carboxylic acids is 1. The normalized spacial score (nSPS) is 18.0. The van der Waals surface area contributed by atoms with Gasteiger partial charge in [0.15, 0.2) is 6.54 Å². The van der Waals surface area contributed by atoms with Crippen molar-refractivity contribution < 1.29 is 24.1 Å². The number of aliphatic imine (C=N–C) groups is 1. The summed E-state index contributed by atoms with van der Waals surface area (Å²) < 4.78 is 1.40. The maximum atomic E-state index is 12.8. The summed E-state index contributed by atoms with van der Waals surface area (Å²) in [4.78, 5) is 43.3. The minimum Gasteiger partial charge on any atom is -0.479 e. The molecule has 1 fully saturated rings. The first kappa shape index (κ1) is 22.2. The number of carbonyl (C=O) groups excluding carboxylic acids is 2. The number of carbonyl (C=O) groups is 3. The Hall–Kier alpha value is -4.01. The highest BCUT2D eigenvalue weighted by molar-refractivity contribution is 6.22. The van der Waals surface area contributed by atoms with Crippen molar-refractivity contribution in [2.45, 2.75) is 18.4 Å². The number of imide groups is 1. The zero-order valence-corrected chi connectivity index (χ0v) is 18.5. The fourth-order valence-corrected chi connectivity index (χ4v) is 4.28. The molecule has 9 nitrogen and oxygen atoms in total. The third-order valence-electron chi connectivity index (χ3n) is 5.96. The molecule has 0 aliphatic carbocycles. The molecule has 2 aromatic carbocycles. The van der Waals surface area contributed by atoms with Crippen molar-refractivity contribution in [3.8, 4) is 0 Å². The fraction of sp³-hybridized carbons (Fsp3) is 0.292.